The number of carbonyl (C=O) groups is 2. The van der Waals surface area contributed by atoms with Gasteiger partial charge in [-0.25, -0.2) is 0 Å². The maximum atomic E-state index is 13.4. The molecule has 8 atom stereocenters. The summed E-state index contributed by atoms with van der Waals surface area (Å²) in [6.07, 6.45) is 58.4. The van der Waals surface area contributed by atoms with Gasteiger partial charge in [-0.05, 0) is 89.9 Å². The van der Waals surface area contributed by atoms with Crippen molar-refractivity contribution >= 4 is 11.9 Å². The van der Waals surface area contributed by atoms with Crippen LogP contribution in [-0.4, -0.2) is 99.6 Å². The molecule has 1 rings (SSSR count). The average Bonchev–Trinajstić information content (AvgIpc) is 3.41. The molecule has 1 amide bonds. The minimum Gasteiger partial charge on any atom is -0.454 e. The van der Waals surface area contributed by atoms with Crippen molar-refractivity contribution in [1.29, 1.82) is 0 Å². The van der Waals surface area contributed by atoms with Crippen LogP contribution in [0.15, 0.2) is 109 Å². The van der Waals surface area contributed by atoms with Gasteiger partial charge in [0.15, 0.2) is 12.4 Å². The van der Waals surface area contributed by atoms with E-state index in [4.69, 9.17) is 14.2 Å². The minimum absolute atomic E-state index is 0.0888. The van der Waals surface area contributed by atoms with Crippen LogP contribution in [0.5, 0.6) is 0 Å². The molecule has 0 aromatic carbocycles. The van der Waals surface area contributed by atoms with Gasteiger partial charge >= 0.3 is 5.97 Å². The molecule has 1 aliphatic heterocycles. The summed E-state index contributed by atoms with van der Waals surface area (Å²) in [5, 5.41) is 56.8. The van der Waals surface area contributed by atoms with Crippen LogP contribution in [-0.2, 0) is 23.8 Å². The Kier molecular flexibility index (Phi) is 47.2. The van der Waals surface area contributed by atoms with Crippen molar-refractivity contribution in [2.24, 2.45) is 0 Å². The molecule has 0 aromatic heterocycles. The molecule has 0 bridgehead atoms. The number of unbranched alkanes of at least 4 members (excludes halogenated alkanes) is 21. The first-order chi connectivity index (χ1) is 36.7. The molecule has 6 N–H and O–H groups in total. The first-order valence-corrected chi connectivity index (χ1v) is 29.7. The third-order valence-corrected chi connectivity index (χ3v) is 13.3. The van der Waals surface area contributed by atoms with E-state index in [1.165, 1.54) is 64.2 Å². The lowest BCUT2D eigenvalue weighted by Crippen LogP contribution is -2.61. The fraction of sp³-hybridized carbons (Fsp3) is 0.688. The van der Waals surface area contributed by atoms with Crippen LogP contribution < -0.4 is 5.32 Å². The van der Waals surface area contributed by atoms with Gasteiger partial charge in [-0.2, -0.15) is 0 Å². The molecule has 0 radical (unpaired) electrons. The molecule has 8 unspecified atom stereocenters. The monoisotopic (exact) mass is 1050 g/mol. The van der Waals surface area contributed by atoms with E-state index in [-0.39, 0.29) is 19.4 Å². The smallest absolute Gasteiger partial charge is 0.306 e. The summed E-state index contributed by atoms with van der Waals surface area (Å²) in [5.41, 5.74) is 0. The van der Waals surface area contributed by atoms with Crippen LogP contribution in [0.3, 0.4) is 0 Å². The summed E-state index contributed by atoms with van der Waals surface area (Å²) in [4.78, 5) is 26.5. The first kappa shape index (κ1) is 69.3. The summed E-state index contributed by atoms with van der Waals surface area (Å²) in [7, 11) is 0. The number of carbonyl (C=O) groups excluding carboxylic acids is 2. The zero-order valence-corrected chi connectivity index (χ0v) is 47.1. The lowest BCUT2D eigenvalue weighted by atomic mass is 9.99. The van der Waals surface area contributed by atoms with Crippen molar-refractivity contribution in [1.82, 2.24) is 5.32 Å². The average molecular weight is 1050 g/mol. The lowest BCUT2D eigenvalue weighted by molar-refractivity contribution is -0.305. The Morgan fingerprint density at radius 1 is 0.547 bits per heavy atom. The molecule has 11 nitrogen and oxygen atoms in total. The highest BCUT2D eigenvalue weighted by molar-refractivity contribution is 5.80. The SMILES string of the molecule is CC/C=C/C=C/C=C/C=C\CCCCCCCC(=O)OC1C(OCC(NC(=O)C(O)CCCCCC/C=C\C/C=C\C/C=C\C/C=C\CCCCC)C(O)/C=C/CCCCCCCCCCC)OC(CO)C(O)C1O. The highest BCUT2D eigenvalue weighted by Gasteiger charge is 2.47. The van der Waals surface area contributed by atoms with Crippen molar-refractivity contribution in [2.45, 2.75) is 269 Å². The molecular formula is C64H107NO10. The molecule has 1 aliphatic rings. The highest BCUT2D eigenvalue weighted by Crippen LogP contribution is 2.26. The van der Waals surface area contributed by atoms with E-state index in [0.29, 0.717) is 12.8 Å². The van der Waals surface area contributed by atoms with Gasteiger partial charge in [0.1, 0.15) is 24.4 Å². The highest BCUT2D eigenvalue weighted by atomic mass is 16.7. The summed E-state index contributed by atoms with van der Waals surface area (Å²) >= 11 is 0. The molecule has 1 saturated heterocycles. The zero-order chi connectivity index (χ0) is 54.7. The van der Waals surface area contributed by atoms with E-state index >= 15 is 0 Å². The van der Waals surface area contributed by atoms with Crippen LogP contribution in [0.1, 0.15) is 220 Å². The summed E-state index contributed by atoms with van der Waals surface area (Å²) in [6.45, 7) is 5.57. The van der Waals surface area contributed by atoms with Gasteiger partial charge in [0, 0.05) is 6.42 Å². The molecular weight excluding hydrogens is 943 g/mol. The Morgan fingerprint density at radius 2 is 1.01 bits per heavy atom. The Bertz CT molecular complexity index is 1630. The third-order valence-electron chi connectivity index (χ3n) is 13.3. The molecule has 428 valence electrons. The Labute approximate surface area is 456 Å². The topological polar surface area (TPSA) is 175 Å². The number of ether oxygens (including phenoxy) is 3. The molecule has 75 heavy (non-hydrogen) atoms. The predicted octanol–water partition coefficient (Wildman–Crippen LogP) is 13.7. The molecule has 1 fully saturated rings. The summed E-state index contributed by atoms with van der Waals surface area (Å²) in [6, 6.07) is -1.05. The maximum Gasteiger partial charge on any atom is 0.306 e. The van der Waals surface area contributed by atoms with Crippen molar-refractivity contribution in [3.05, 3.63) is 109 Å². The van der Waals surface area contributed by atoms with Gasteiger partial charge in [0.05, 0.1) is 25.4 Å². The number of hydrogen-bond acceptors (Lipinski definition) is 10. The number of hydrogen-bond donors (Lipinski definition) is 6. The van der Waals surface area contributed by atoms with E-state index in [1.807, 2.05) is 42.5 Å². The standard InChI is InChI=1S/C64H107NO10/c1-4-7-10-13-16-19-22-24-26-27-28-29-30-32-33-36-39-42-45-48-51-57(68)63(72)65-55(56(67)50-47-44-41-38-35-21-18-15-12-9-6-3)54-73-64-62(61(71)60(70)58(53-66)74-64)75-59(69)52-49-46-43-40-37-34-31-25-23-20-17-14-11-8-5-2/h8,11,14,16-17,19-20,23-26,28-29,31-33,47,50,55-58,60-62,64,66-68,70-71H,4-7,9-10,12-13,15,18,21-22,27,30,34-46,48-49,51-54H2,1-3H3,(H,65,72)/b11-8+,17-14+,19-16-,23-20+,26-24-,29-28-,31-25-,33-32-,50-47+. The summed E-state index contributed by atoms with van der Waals surface area (Å²) < 4.78 is 17.5. The molecule has 0 aromatic rings. The number of aliphatic hydroxyl groups excluding tert-OH is 5. The van der Waals surface area contributed by atoms with E-state index in [2.05, 4.69) is 86.8 Å². The van der Waals surface area contributed by atoms with Crippen LogP contribution in [0.2, 0.25) is 0 Å². The van der Waals surface area contributed by atoms with Crippen LogP contribution in [0, 0.1) is 0 Å². The maximum absolute atomic E-state index is 13.4. The van der Waals surface area contributed by atoms with Crippen LogP contribution in [0.25, 0.3) is 0 Å². The van der Waals surface area contributed by atoms with Crippen molar-refractivity contribution < 1.29 is 49.3 Å². The van der Waals surface area contributed by atoms with Gasteiger partial charge in [-0.15, -0.1) is 0 Å². The predicted molar refractivity (Wildman–Crippen MR) is 310 cm³/mol. The van der Waals surface area contributed by atoms with E-state index < -0.39 is 67.4 Å². The Morgan fingerprint density at radius 3 is 1.59 bits per heavy atom. The normalized spacial score (nSPS) is 20.0. The number of rotatable bonds is 48. The van der Waals surface area contributed by atoms with Gasteiger partial charge in [0.2, 0.25) is 5.91 Å². The first-order valence-electron chi connectivity index (χ1n) is 29.7. The molecule has 0 saturated carbocycles. The van der Waals surface area contributed by atoms with Gasteiger partial charge in [-0.1, -0.05) is 233 Å². The molecule has 0 aliphatic carbocycles. The molecule has 11 heteroatoms. The summed E-state index contributed by atoms with van der Waals surface area (Å²) in [5.74, 6) is -1.25. The Hall–Kier alpha value is -3.68. The van der Waals surface area contributed by atoms with Crippen molar-refractivity contribution in [2.75, 3.05) is 13.2 Å². The van der Waals surface area contributed by atoms with E-state index in [0.717, 1.165) is 109 Å². The second kappa shape index (κ2) is 51.1. The third kappa shape index (κ3) is 39.4. The number of nitrogens with one attached hydrogen (secondary N) is 1. The van der Waals surface area contributed by atoms with Crippen molar-refractivity contribution in [3.8, 4) is 0 Å². The second-order valence-corrected chi connectivity index (χ2v) is 20.1. The minimum atomic E-state index is -1.63. The quantitative estimate of drug-likeness (QED) is 0.0149. The van der Waals surface area contributed by atoms with Gasteiger partial charge in [0.25, 0.3) is 0 Å². The van der Waals surface area contributed by atoms with Gasteiger partial charge in [-0.3, -0.25) is 9.59 Å². The number of esters is 1. The van der Waals surface area contributed by atoms with Gasteiger partial charge < -0.3 is 45.1 Å². The lowest BCUT2D eigenvalue weighted by Gasteiger charge is -2.41. The molecule has 1 heterocycles. The van der Waals surface area contributed by atoms with Crippen LogP contribution >= 0.6 is 0 Å². The fourth-order valence-corrected chi connectivity index (χ4v) is 8.53. The van der Waals surface area contributed by atoms with E-state index in [9.17, 15) is 35.1 Å². The second-order valence-electron chi connectivity index (χ2n) is 20.1. The number of aliphatic hydroxyl groups is 5. The largest absolute Gasteiger partial charge is 0.454 e. The molecule has 0 spiro atoms. The van der Waals surface area contributed by atoms with Crippen molar-refractivity contribution in [3.63, 3.8) is 0 Å². The number of allylic oxidation sites excluding steroid dienone is 17. The van der Waals surface area contributed by atoms with Crippen LogP contribution in [0.4, 0.5) is 0 Å². The zero-order valence-electron chi connectivity index (χ0n) is 47.1. The number of amides is 1. The Balaban J connectivity index is 2.73. The van der Waals surface area contributed by atoms with E-state index in [1.54, 1.807) is 6.08 Å². The fourth-order valence-electron chi connectivity index (χ4n) is 8.53.